The number of amides is 3. The lowest BCUT2D eigenvalue weighted by atomic mass is 10.1. The fourth-order valence-electron chi connectivity index (χ4n) is 3.23. The van der Waals surface area contributed by atoms with Crippen molar-refractivity contribution in [3.05, 3.63) is 53.6 Å². The van der Waals surface area contributed by atoms with Crippen molar-refractivity contribution in [1.82, 2.24) is 5.32 Å². The molecule has 3 rings (SSSR count). The SMILES string of the molecule is COc1ccccc1CNC(=O)C(=O)Nc1ccc(N2CCCC2=O)c(C)c1. The molecule has 2 aromatic rings. The summed E-state index contributed by atoms with van der Waals surface area (Å²) < 4.78 is 5.23. The Morgan fingerprint density at radius 1 is 1.14 bits per heavy atom. The second kappa shape index (κ2) is 8.56. The van der Waals surface area contributed by atoms with Crippen LogP contribution in [0.25, 0.3) is 0 Å². The van der Waals surface area contributed by atoms with Crippen LogP contribution in [0.1, 0.15) is 24.0 Å². The van der Waals surface area contributed by atoms with Gasteiger partial charge in [-0.25, -0.2) is 0 Å². The molecule has 2 N–H and O–H groups in total. The molecule has 0 aromatic heterocycles. The van der Waals surface area contributed by atoms with E-state index in [1.54, 1.807) is 36.3 Å². The van der Waals surface area contributed by atoms with E-state index in [0.717, 1.165) is 23.2 Å². The molecule has 0 radical (unpaired) electrons. The van der Waals surface area contributed by atoms with Gasteiger partial charge in [0.1, 0.15) is 5.75 Å². The summed E-state index contributed by atoms with van der Waals surface area (Å²) in [5.74, 6) is -0.733. The first-order valence-electron chi connectivity index (χ1n) is 9.11. The van der Waals surface area contributed by atoms with Crippen LogP contribution in [-0.2, 0) is 20.9 Å². The number of anilines is 2. The maximum absolute atomic E-state index is 12.2. The van der Waals surface area contributed by atoms with E-state index < -0.39 is 11.8 Å². The van der Waals surface area contributed by atoms with Crippen molar-refractivity contribution in [2.75, 3.05) is 23.9 Å². The second-order valence-electron chi connectivity index (χ2n) is 6.60. The molecule has 3 amide bonds. The predicted octanol–water partition coefficient (Wildman–Crippen LogP) is 2.39. The molecule has 0 unspecified atom stereocenters. The normalized spacial score (nSPS) is 13.4. The number of ether oxygens (including phenoxy) is 1. The molecule has 7 nitrogen and oxygen atoms in total. The van der Waals surface area contributed by atoms with Crippen molar-refractivity contribution in [1.29, 1.82) is 0 Å². The first-order valence-corrected chi connectivity index (χ1v) is 9.11. The van der Waals surface area contributed by atoms with Crippen LogP contribution in [0.3, 0.4) is 0 Å². The molecule has 1 aliphatic rings. The fraction of sp³-hybridized carbons (Fsp3) is 0.286. The minimum atomic E-state index is -0.751. The molecule has 0 atom stereocenters. The lowest BCUT2D eigenvalue weighted by Crippen LogP contribution is -2.35. The van der Waals surface area contributed by atoms with E-state index in [1.807, 2.05) is 25.1 Å². The second-order valence-corrected chi connectivity index (χ2v) is 6.60. The van der Waals surface area contributed by atoms with E-state index in [-0.39, 0.29) is 12.5 Å². The molecule has 7 heteroatoms. The van der Waals surface area contributed by atoms with E-state index in [9.17, 15) is 14.4 Å². The molecule has 1 heterocycles. The van der Waals surface area contributed by atoms with Crippen LogP contribution in [0.5, 0.6) is 5.75 Å². The van der Waals surface area contributed by atoms with Gasteiger partial charge in [-0.2, -0.15) is 0 Å². The van der Waals surface area contributed by atoms with Gasteiger partial charge in [-0.1, -0.05) is 18.2 Å². The van der Waals surface area contributed by atoms with Crippen LogP contribution in [0.2, 0.25) is 0 Å². The van der Waals surface area contributed by atoms with Gasteiger partial charge in [0.05, 0.1) is 7.11 Å². The van der Waals surface area contributed by atoms with Gasteiger partial charge in [0.25, 0.3) is 0 Å². The molecule has 1 fully saturated rings. The van der Waals surface area contributed by atoms with Crippen LogP contribution >= 0.6 is 0 Å². The molecule has 0 bridgehead atoms. The van der Waals surface area contributed by atoms with Crippen molar-refractivity contribution >= 4 is 29.1 Å². The Morgan fingerprint density at radius 3 is 2.61 bits per heavy atom. The summed E-state index contributed by atoms with van der Waals surface area (Å²) in [6.07, 6.45) is 1.41. The zero-order chi connectivity index (χ0) is 20.1. The number of nitrogens with one attached hydrogen (secondary N) is 2. The topological polar surface area (TPSA) is 87.7 Å². The van der Waals surface area contributed by atoms with Gasteiger partial charge in [-0.15, -0.1) is 0 Å². The maximum Gasteiger partial charge on any atom is 0.313 e. The number of carbonyl (C=O) groups is 3. The first-order chi connectivity index (χ1) is 13.5. The van der Waals surface area contributed by atoms with Crippen LogP contribution < -0.4 is 20.3 Å². The average Bonchev–Trinajstić information content (AvgIpc) is 3.12. The molecule has 0 saturated carbocycles. The Kier molecular flexibility index (Phi) is 5.93. The smallest absolute Gasteiger partial charge is 0.313 e. The lowest BCUT2D eigenvalue weighted by Gasteiger charge is -2.19. The van der Waals surface area contributed by atoms with Crippen molar-refractivity contribution in [3.8, 4) is 5.75 Å². The predicted molar refractivity (Wildman–Crippen MR) is 106 cm³/mol. The van der Waals surface area contributed by atoms with Gasteiger partial charge < -0.3 is 20.3 Å². The number of rotatable bonds is 5. The summed E-state index contributed by atoms with van der Waals surface area (Å²) in [5.41, 5.74) is 2.98. The summed E-state index contributed by atoms with van der Waals surface area (Å²) in [4.78, 5) is 37.9. The third kappa shape index (κ3) is 4.31. The molecular weight excluding hydrogens is 358 g/mol. The summed E-state index contributed by atoms with van der Waals surface area (Å²) in [7, 11) is 1.55. The van der Waals surface area contributed by atoms with Gasteiger partial charge in [0, 0.05) is 36.4 Å². The highest BCUT2D eigenvalue weighted by Gasteiger charge is 2.23. The Bertz CT molecular complexity index is 910. The zero-order valence-corrected chi connectivity index (χ0v) is 16.0. The number of nitrogens with zero attached hydrogens (tertiary/aromatic N) is 1. The highest BCUT2D eigenvalue weighted by Crippen LogP contribution is 2.27. The summed E-state index contributed by atoms with van der Waals surface area (Å²) in [6, 6.07) is 12.5. The molecule has 1 aliphatic heterocycles. The summed E-state index contributed by atoms with van der Waals surface area (Å²) >= 11 is 0. The van der Waals surface area contributed by atoms with Crippen molar-refractivity contribution in [2.45, 2.75) is 26.3 Å². The number of aryl methyl sites for hydroxylation is 1. The van der Waals surface area contributed by atoms with Crippen molar-refractivity contribution in [3.63, 3.8) is 0 Å². The number of hydrogen-bond acceptors (Lipinski definition) is 4. The van der Waals surface area contributed by atoms with E-state index in [0.29, 0.717) is 24.4 Å². The third-order valence-corrected chi connectivity index (χ3v) is 4.66. The average molecular weight is 381 g/mol. The summed E-state index contributed by atoms with van der Waals surface area (Å²) in [6.45, 7) is 2.76. The minimum absolute atomic E-state index is 0.107. The van der Waals surface area contributed by atoms with Crippen molar-refractivity contribution in [2.24, 2.45) is 0 Å². The third-order valence-electron chi connectivity index (χ3n) is 4.66. The standard InChI is InChI=1S/C21H23N3O4/c1-14-12-16(9-10-17(14)24-11-5-8-19(24)25)23-21(27)20(26)22-13-15-6-3-4-7-18(15)28-2/h3-4,6-7,9-10,12H,5,8,11,13H2,1-2H3,(H,22,26)(H,23,27). The largest absolute Gasteiger partial charge is 0.496 e. The van der Waals surface area contributed by atoms with Crippen LogP contribution in [0.4, 0.5) is 11.4 Å². The quantitative estimate of drug-likeness (QED) is 0.779. The van der Waals surface area contributed by atoms with Crippen LogP contribution in [0, 0.1) is 6.92 Å². The van der Waals surface area contributed by atoms with Crippen molar-refractivity contribution < 1.29 is 19.1 Å². The highest BCUT2D eigenvalue weighted by molar-refractivity contribution is 6.39. The molecule has 0 aliphatic carbocycles. The molecule has 28 heavy (non-hydrogen) atoms. The van der Waals surface area contributed by atoms with Crippen LogP contribution in [0.15, 0.2) is 42.5 Å². The first kappa shape index (κ1) is 19.4. The van der Waals surface area contributed by atoms with Gasteiger partial charge in [0.15, 0.2) is 0 Å². The zero-order valence-electron chi connectivity index (χ0n) is 16.0. The fourth-order valence-corrected chi connectivity index (χ4v) is 3.23. The number of methoxy groups -OCH3 is 1. The monoisotopic (exact) mass is 381 g/mol. The number of benzene rings is 2. The van der Waals surface area contributed by atoms with Gasteiger partial charge in [0.2, 0.25) is 5.91 Å². The Hall–Kier alpha value is -3.35. The number of para-hydroxylation sites is 1. The van der Waals surface area contributed by atoms with E-state index in [2.05, 4.69) is 10.6 Å². The van der Waals surface area contributed by atoms with E-state index in [1.165, 1.54) is 0 Å². The number of carbonyl (C=O) groups excluding carboxylic acids is 3. The highest BCUT2D eigenvalue weighted by atomic mass is 16.5. The van der Waals surface area contributed by atoms with Gasteiger partial charge in [-0.3, -0.25) is 14.4 Å². The minimum Gasteiger partial charge on any atom is -0.496 e. The molecule has 1 saturated heterocycles. The molecule has 0 spiro atoms. The lowest BCUT2D eigenvalue weighted by molar-refractivity contribution is -0.136. The Balaban J connectivity index is 1.60. The molecular formula is C21H23N3O4. The summed E-state index contributed by atoms with van der Waals surface area (Å²) in [5, 5.41) is 5.18. The number of hydrogen-bond donors (Lipinski definition) is 2. The molecule has 2 aromatic carbocycles. The Morgan fingerprint density at radius 2 is 1.93 bits per heavy atom. The maximum atomic E-state index is 12.2. The van der Waals surface area contributed by atoms with Crippen LogP contribution in [-0.4, -0.2) is 31.4 Å². The Labute approximate surface area is 163 Å². The van der Waals surface area contributed by atoms with E-state index in [4.69, 9.17) is 4.74 Å². The van der Waals surface area contributed by atoms with Gasteiger partial charge >= 0.3 is 11.8 Å². The van der Waals surface area contributed by atoms with E-state index >= 15 is 0 Å². The van der Waals surface area contributed by atoms with Gasteiger partial charge in [-0.05, 0) is 43.2 Å². The molecule has 146 valence electrons.